The Labute approximate surface area is 124 Å². The lowest BCUT2D eigenvalue weighted by Gasteiger charge is -2.20. The van der Waals surface area contributed by atoms with Crippen LogP contribution in [0.4, 0.5) is 4.39 Å². The van der Waals surface area contributed by atoms with Crippen LogP contribution in [0.2, 0.25) is 0 Å². The maximum atomic E-state index is 13.5. The van der Waals surface area contributed by atoms with Crippen molar-refractivity contribution in [3.05, 3.63) is 59.4 Å². The van der Waals surface area contributed by atoms with Crippen LogP contribution in [0.5, 0.6) is 11.5 Å². The van der Waals surface area contributed by atoms with E-state index in [0.29, 0.717) is 12.2 Å². The second kappa shape index (κ2) is 7.09. The summed E-state index contributed by atoms with van der Waals surface area (Å²) in [4.78, 5) is 0. The highest BCUT2D eigenvalue weighted by Crippen LogP contribution is 2.29. The van der Waals surface area contributed by atoms with Crippen molar-refractivity contribution in [2.24, 2.45) is 0 Å². The summed E-state index contributed by atoms with van der Waals surface area (Å²) in [5, 5.41) is 3.22. The smallest absolute Gasteiger partial charge is 0.123 e. The molecule has 0 bridgehead atoms. The van der Waals surface area contributed by atoms with Crippen LogP contribution in [0.15, 0.2) is 42.5 Å². The van der Waals surface area contributed by atoms with E-state index in [1.807, 2.05) is 31.3 Å². The first-order chi connectivity index (χ1) is 10.2. The molecule has 3 nitrogen and oxygen atoms in total. The van der Waals surface area contributed by atoms with Gasteiger partial charge in [-0.2, -0.15) is 0 Å². The van der Waals surface area contributed by atoms with Crippen molar-refractivity contribution >= 4 is 0 Å². The third-order valence-electron chi connectivity index (χ3n) is 3.49. The number of likely N-dealkylation sites (N-methyl/N-ethyl adjacent to an activating group) is 1. The molecule has 0 fully saturated rings. The zero-order chi connectivity index (χ0) is 15.2. The first kappa shape index (κ1) is 15.3. The van der Waals surface area contributed by atoms with E-state index < -0.39 is 0 Å². The average Bonchev–Trinajstić information content (AvgIpc) is 2.52. The lowest BCUT2D eigenvalue weighted by atomic mass is 9.98. The van der Waals surface area contributed by atoms with E-state index in [-0.39, 0.29) is 11.9 Å². The van der Waals surface area contributed by atoms with Gasteiger partial charge in [0.05, 0.1) is 14.2 Å². The van der Waals surface area contributed by atoms with Crippen molar-refractivity contribution in [2.45, 2.75) is 12.5 Å². The monoisotopic (exact) mass is 289 g/mol. The van der Waals surface area contributed by atoms with E-state index in [0.717, 1.165) is 16.9 Å². The van der Waals surface area contributed by atoms with E-state index in [1.165, 1.54) is 12.1 Å². The van der Waals surface area contributed by atoms with Crippen molar-refractivity contribution in [2.75, 3.05) is 21.3 Å². The van der Waals surface area contributed by atoms with E-state index in [4.69, 9.17) is 9.47 Å². The number of nitrogens with one attached hydrogen (secondary N) is 1. The molecule has 0 saturated heterocycles. The molecule has 1 N–H and O–H groups in total. The Bertz CT molecular complexity index is 601. The van der Waals surface area contributed by atoms with Gasteiger partial charge in [0.25, 0.3) is 0 Å². The normalized spacial score (nSPS) is 12.0. The summed E-state index contributed by atoms with van der Waals surface area (Å²) in [6.45, 7) is 0. The van der Waals surface area contributed by atoms with E-state index in [1.54, 1.807) is 20.3 Å². The van der Waals surface area contributed by atoms with Crippen LogP contribution in [0.3, 0.4) is 0 Å². The van der Waals surface area contributed by atoms with Gasteiger partial charge in [0.2, 0.25) is 0 Å². The number of ether oxygens (including phenoxy) is 2. The van der Waals surface area contributed by atoms with Gasteiger partial charge in [-0.05, 0) is 49.4 Å². The number of halogens is 1. The minimum absolute atomic E-state index is 0.0391. The summed E-state index contributed by atoms with van der Waals surface area (Å²) in [6, 6.07) is 12.4. The number of rotatable bonds is 6. The molecule has 0 aliphatic heterocycles. The van der Waals surface area contributed by atoms with Crippen LogP contribution in [0.1, 0.15) is 17.2 Å². The molecule has 2 aromatic carbocycles. The van der Waals surface area contributed by atoms with Crippen molar-refractivity contribution in [1.29, 1.82) is 0 Å². The van der Waals surface area contributed by atoms with Gasteiger partial charge in [0.1, 0.15) is 17.3 Å². The summed E-state index contributed by atoms with van der Waals surface area (Å²) in [5.74, 6) is 1.23. The van der Waals surface area contributed by atoms with Crippen molar-refractivity contribution in [1.82, 2.24) is 5.32 Å². The Hall–Kier alpha value is -2.07. The van der Waals surface area contributed by atoms with Crippen molar-refractivity contribution in [3.63, 3.8) is 0 Å². The van der Waals surface area contributed by atoms with E-state index in [2.05, 4.69) is 5.32 Å². The minimum Gasteiger partial charge on any atom is -0.497 e. The van der Waals surface area contributed by atoms with Crippen LogP contribution in [-0.2, 0) is 6.42 Å². The minimum atomic E-state index is -0.267. The molecule has 2 rings (SSSR count). The molecule has 1 unspecified atom stereocenters. The second-order valence-electron chi connectivity index (χ2n) is 4.78. The molecule has 21 heavy (non-hydrogen) atoms. The molecule has 0 aliphatic carbocycles. The zero-order valence-electron chi connectivity index (χ0n) is 12.5. The standard InChI is InChI=1S/C17H20FNO2/c1-19-16(10-12-5-4-6-14(9-12)20-2)15-11-13(18)7-8-17(15)21-3/h4-9,11,16,19H,10H2,1-3H3. The molecule has 1 atom stereocenters. The molecule has 4 heteroatoms. The van der Waals surface area contributed by atoms with Gasteiger partial charge >= 0.3 is 0 Å². The fourth-order valence-electron chi connectivity index (χ4n) is 2.38. The molecule has 112 valence electrons. The Morgan fingerprint density at radius 2 is 1.90 bits per heavy atom. The van der Waals surface area contributed by atoms with Gasteiger partial charge in [-0.1, -0.05) is 12.1 Å². The lowest BCUT2D eigenvalue weighted by molar-refractivity contribution is 0.399. The number of hydrogen-bond donors (Lipinski definition) is 1. The van der Waals surface area contributed by atoms with Crippen LogP contribution in [0.25, 0.3) is 0 Å². The highest BCUT2D eigenvalue weighted by molar-refractivity contribution is 5.38. The van der Waals surface area contributed by atoms with Crippen LogP contribution in [-0.4, -0.2) is 21.3 Å². The molecule has 0 radical (unpaired) electrons. The number of methoxy groups -OCH3 is 2. The predicted molar refractivity (Wildman–Crippen MR) is 81.5 cm³/mol. The number of hydrogen-bond acceptors (Lipinski definition) is 3. The Kier molecular flexibility index (Phi) is 5.17. The zero-order valence-corrected chi connectivity index (χ0v) is 12.5. The molecule has 0 heterocycles. The molecular weight excluding hydrogens is 269 g/mol. The molecule has 0 saturated carbocycles. The van der Waals surface area contributed by atoms with Gasteiger partial charge in [-0.25, -0.2) is 4.39 Å². The largest absolute Gasteiger partial charge is 0.497 e. The van der Waals surface area contributed by atoms with Gasteiger partial charge in [-0.3, -0.25) is 0 Å². The highest BCUT2D eigenvalue weighted by atomic mass is 19.1. The average molecular weight is 289 g/mol. The van der Waals surface area contributed by atoms with Crippen molar-refractivity contribution in [3.8, 4) is 11.5 Å². The maximum Gasteiger partial charge on any atom is 0.123 e. The second-order valence-corrected chi connectivity index (χ2v) is 4.78. The van der Waals surface area contributed by atoms with Gasteiger partial charge in [-0.15, -0.1) is 0 Å². The summed E-state index contributed by atoms with van der Waals surface area (Å²) in [7, 11) is 5.09. The fourth-order valence-corrected chi connectivity index (χ4v) is 2.38. The van der Waals surface area contributed by atoms with E-state index >= 15 is 0 Å². The Balaban J connectivity index is 2.29. The first-order valence-electron chi connectivity index (χ1n) is 6.81. The predicted octanol–water partition coefficient (Wildman–Crippen LogP) is 3.35. The lowest BCUT2D eigenvalue weighted by Crippen LogP contribution is -2.19. The summed E-state index contributed by atoms with van der Waals surface area (Å²) in [5.41, 5.74) is 1.92. The fraction of sp³-hybridized carbons (Fsp3) is 0.294. The van der Waals surface area contributed by atoms with Crippen LogP contribution < -0.4 is 14.8 Å². The summed E-state index contributed by atoms with van der Waals surface area (Å²) < 4.78 is 24.1. The quantitative estimate of drug-likeness (QED) is 0.884. The molecule has 0 aromatic heterocycles. The van der Waals surface area contributed by atoms with Gasteiger partial charge < -0.3 is 14.8 Å². The van der Waals surface area contributed by atoms with Gasteiger partial charge in [0, 0.05) is 11.6 Å². The van der Waals surface area contributed by atoms with Crippen LogP contribution >= 0.6 is 0 Å². The summed E-state index contributed by atoms with van der Waals surface area (Å²) in [6.07, 6.45) is 0.716. The van der Waals surface area contributed by atoms with Crippen molar-refractivity contribution < 1.29 is 13.9 Å². The van der Waals surface area contributed by atoms with Gasteiger partial charge in [0.15, 0.2) is 0 Å². The third kappa shape index (κ3) is 3.73. The Morgan fingerprint density at radius 3 is 2.57 bits per heavy atom. The Morgan fingerprint density at radius 1 is 1.10 bits per heavy atom. The highest BCUT2D eigenvalue weighted by Gasteiger charge is 2.16. The topological polar surface area (TPSA) is 30.5 Å². The third-order valence-corrected chi connectivity index (χ3v) is 3.49. The molecular formula is C17H20FNO2. The molecule has 0 spiro atoms. The van der Waals surface area contributed by atoms with Crippen LogP contribution in [0, 0.1) is 5.82 Å². The van der Waals surface area contributed by atoms with E-state index in [9.17, 15) is 4.39 Å². The first-order valence-corrected chi connectivity index (χ1v) is 6.81. The summed E-state index contributed by atoms with van der Waals surface area (Å²) >= 11 is 0. The molecule has 2 aromatic rings. The molecule has 0 amide bonds. The maximum absolute atomic E-state index is 13.5. The SMILES string of the molecule is CNC(Cc1cccc(OC)c1)c1cc(F)ccc1OC. The number of benzene rings is 2. The molecule has 0 aliphatic rings.